The van der Waals surface area contributed by atoms with Crippen molar-refractivity contribution in [2.75, 3.05) is 33.2 Å². The number of nitriles is 1. The van der Waals surface area contributed by atoms with Crippen molar-refractivity contribution in [3.8, 4) is 6.07 Å². The molecule has 1 N–H and O–H groups in total. The van der Waals surface area contributed by atoms with Gasteiger partial charge in [0.2, 0.25) is 0 Å². The van der Waals surface area contributed by atoms with Crippen molar-refractivity contribution in [1.82, 2.24) is 15.1 Å². The highest BCUT2D eigenvalue weighted by Gasteiger charge is 2.15. The van der Waals surface area contributed by atoms with Gasteiger partial charge in [-0.3, -0.25) is 4.90 Å². The van der Waals surface area contributed by atoms with Crippen molar-refractivity contribution < 1.29 is 0 Å². The summed E-state index contributed by atoms with van der Waals surface area (Å²) in [6, 6.07) is 18.7. The second-order valence-corrected chi connectivity index (χ2v) is 6.76. The summed E-state index contributed by atoms with van der Waals surface area (Å²) in [7, 11) is 2.19. The van der Waals surface area contributed by atoms with Crippen molar-refractivity contribution in [2.45, 2.75) is 19.6 Å². The SMILES string of the molecule is CN1CCN(Cc2ccccc2CNCc2cccc(C#N)c2)CC1. The van der Waals surface area contributed by atoms with Gasteiger partial charge in [-0.15, -0.1) is 0 Å². The van der Waals surface area contributed by atoms with Crippen molar-refractivity contribution in [2.24, 2.45) is 0 Å². The zero-order valence-electron chi connectivity index (χ0n) is 14.9. The lowest BCUT2D eigenvalue weighted by atomic mass is 10.1. The molecule has 2 aromatic carbocycles. The Bertz CT molecular complexity index is 727. The van der Waals surface area contributed by atoms with E-state index in [9.17, 15) is 0 Å². The van der Waals surface area contributed by atoms with Crippen molar-refractivity contribution in [3.05, 3.63) is 70.8 Å². The van der Waals surface area contributed by atoms with E-state index in [2.05, 4.69) is 58.6 Å². The Kier molecular flexibility index (Phi) is 6.19. The molecule has 0 spiro atoms. The molecule has 1 heterocycles. The summed E-state index contributed by atoms with van der Waals surface area (Å²) in [6.07, 6.45) is 0. The fourth-order valence-electron chi connectivity index (χ4n) is 3.22. The molecule has 0 aromatic heterocycles. The number of likely N-dealkylation sites (N-methyl/N-ethyl adjacent to an activating group) is 1. The molecule has 2 aromatic rings. The Morgan fingerprint density at radius 2 is 1.72 bits per heavy atom. The summed E-state index contributed by atoms with van der Waals surface area (Å²) in [5.41, 5.74) is 4.63. The molecule has 1 aliphatic rings. The number of nitrogens with zero attached hydrogens (tertiary/aromatic N) is 3. The predicted octanol–water partition coefficient (Wildman–Crippen LogP) is 2.60. The molecule has 0 atom stereocenters. The summed E-state index contributed by atoms with van der Waals surface area (Å²) in [6.45, 7) is 7.22. The summed E-state index contributed by atoms with van der Waals surface area (Å²) in [5.74, 6) is 0. The van der Waals surface area contributed by atoms with Gasteiger partial charge < -0.3 is 10.2 Å². The highest BCUT2D eigenvalue weighted by molar-refractivity contribution is 5.33. The number of piperazine rings is 1. The normalized spacial score (nSPS) is 15.8. The van der Waals surface area contributed by atoms with Gasteiger partial charge in [0, 0.05) is 45.8 Å². The fourth-order valence-corrected chi connectivity index (χ4v) is 3.22. The van der Waals surface area contributed by atoms with E-state index in [0.717, 1.165) is 56.9 Å². The second kappa shape index (κ2) is 8.77. The first-order valence-corrected chi connectivity index (χ1v) is 8.92. The largest absolute Gasteiger partial charge is 0.309 e. The average Bonchev–Trinajstić information content (AvgIpc) is 2.65. The van der Waals surface area contributed by atoms with E-state index in [-0.39, 0.29) is 0 Å². The molecule has 4 heteroatoms. The minimum atomic E-state index is 0.717. The van der Waals surface area contributed by atoms with E-state index < -0.39 is 0 Å². The Morgan fingerprint density at radius 1 is 0.960 bits per heavy atom. The van der Waals surface area contributed by atoms with Crippen LogP contribution in [0.5, 0.6) is 0 Å². The first-order chi connectivity index (χ1) is 12.2. The van der Waals surface area contributed by atoms with Gasteiger partial charge >= 0.3 is 0 Å². The maximum atomic E-state index is 9.00. The smallest absolute Gasteiger partial charge is 0.0991 e. The van der Waals surface area contributed by atoms with Gasteiger partial charge in [-0.2, -0.15) is 5.26 Å². The van der Waals surface area contributed by atoms with Crippen LogP contribution in [0.15, 0.2) is 48.5 Å². The fraction of sp³-hybridized carbons (Fsp3) is 0.381. The molecule has 0 saturated carbocycles. The summed E-state index contributed by atoms with van der Waals surface area (Å²) in [5, 5.41) is 12.5. The third-order valence-electron chi connectivity index (χ3n) is 4.81. The molecule has 1 saturated heterocycles. The molecule has 0 bridgehead atoms. The lowest BCUT2D eigenvalue weighted by Crippen LogP contribution is -2.44. The lowest BCUT2D eigenvalue weighted by molar-refractivity contribution is 0.148. The highest BCUT2D eigenvalue weighted by atomic mass is 15.2. The van der Waals surface area contributed by atoms with Crippen molar-refractivity contribution in [1.29, 1.82) is 5.26 Å². The van der Waals surface area contributed by atoms with E-state index in [1.807, 2.05) is 18.2 Å². The van der Waals surface area contributed by atoms with Gasteiger partial charge in [-0.1, -0.05) is 36.4 Å². The molecule has 0 amide bonds. The number of rotatable bonds is 6. The number of benzene rings is 2. The molecule has 0 aliphatic carbocycles. The zero-order valence-corrected chi connectivity index (χ0v) is 14.9. The van der Waals surface area contributed by atoms with Gasteiger partial charge in [0.05, 0.1) is 11.6 Å². The standard InChI is InChI=1S/C21H26N4/c1-24-9-11-25(12-10-24)17-21-8-3-2-7-20(21)16-23-15-19-6-4-5-18(13-19)14-22/h2-8,13,23H,9-12,15-17H2,1H3. The van der Waals surface area contributed by atoms with Gasteiger partial charge in [-0.25, -0.2) is 0 Å². The third-order valence-corrected chi connectivity index (χ3v) is 4.81. The summed E-state index contributed by atoms with van der Waals surface area (Å²) >= 11 is 0. The summed E-state index contributed by atoms with van der Waals surface area (Å²) < 4.78 is 0. The molecular formula is C21H26N4. The molecule has 25 heavy (non-hydrogen) atoms. The Balaban J connectivity index is 1.56. The van der Waals surface area contributed by atoms with Crippen LogP contribution in [0.3, 0.4) is 0 Å². The van der Waals surface area contributed by atoms with Crippen molar-refractivity contribution >= 4 is 0 Å². The first-order valence-electron chi connectivity index (χ1n) is 8.92. The van der Waals surface area contributed by atoms with E-state index >= 15 is 0 Å². The van der Waals surface area contributed by atoms with Crippen molar-refractivity contribution in [3.63, 3.8) is 0 Å². The Labute approximate surface area is 150 Å². The zero-order chi connectivity index (χ0) is 17.5. The van der Waals surface area contributed by atoms with E-state index in [0.29, 0.717) is 0 Å². The molecular weight excluding hydrogens is 308 g/mol. The van der Waals surface area contributed by atoms with Crippen LogP contribution in [0, 0.1) is 11.3 Å². The Hall–Kier alpha value is -2.19. The maximum absolute atomic E-state index is 9.00. The van der Waals surface area contributed by atoms with Crippen LogP contribution in [0.2, 0.25) is 0 Å². The Morgan fingerprint density at radius 3 is 2.48 bits per heavy atom. The number of hydrogen-bond acceptors (Lipinski definition) is 4. The van der Waals surface area contributed by atoms with Gasteiger partial charge in [0.15, 0.2) is 0 Å². The second-order valence-electron chi connectivity index (χ2n) is 6.76. The van der Waals surface area contributed by atoms with Crippen LogP contribution in [0.25, 0.3) is 0 Å². The van der Waals surface area contributed by atoms with E-state index in [1.165, 1.54) is 11.1 Å². The van der Waals surface area contributed by atoms with Crippen LogP contribution in [0.4, 0.5) is 0 Å². The van der Waals surface area contributed by atoms with E-state index in [1.54, 1.807) is 0 Å². The number of hydrogen-bond donors (Lipinski definition) is 1. The monoisotopic (exact) mass is 334 g/mol. The topological polar surface area (TPSA) is 42.3 Å². The van der Waals surface area contributed by atoms with Crippen LogP contribution in [-0.4, -0.2) is 43.0 Å². The third kappa shape index (κ3) is 5.14. The summed E-state index contributed by atoms with van der Waals surface area (Å²) in [4.78, 5) is 4.93. The molecule has 0 radical (unpaired) electrons. The molecule has 1 fully saturated rings. The molecule has 3 rings (SSSR count). The quantitative estimate of drug-likeness (QED) is 0.882. The molecule has 1 aliphatic heterocycles. The van der Waals surface area contributed by atoms with Crippen LogP contribution in [0.1, 0.15) is 22.3 Å². The maximum Gasteiger partial charge on any atom is 0.0991 e. The molecule has 4 nitrogen and oxygen atoms in total. The minimum absolute atomic E-state index is 0.717. The highest BCUT2D eigenvalue weighted by Crippen LogP contribution is 2.14. The van der Waals surface area contributed by atoms with Crippen LogP contribution < -0.4 is 5.32 Å². The van der Waals surface area contributed by atoms with Gasteiger partial charge in [0.1, 0.15) is 0 Å². The van der Waals surface area contributed by atoms with Gasteiger partial charge in [0.25, 0.3) is 0 Å². The first kappa shape index (κ1) is 17.6. The van der Waals surface area contributed by atoms with E-state index in [4.69, 9.17) is 5.26 Å². The van der Waals surface area contributed by atoms with Gasteiger partial charge in [-0.05, 0) is 35.9 Å². The lowest BCUT2D eigenvalue weighted by Gasteiger charge is -2.32. The van der Waals surface area contributed by atoms with Crippen LogP contribution >= 0.6 is 0 Å². The number of nitrogens with one attached hydrogen (secondary N) is 1. The average molecular weight is 334 g/mol. The minimum Gasteiger partial charge on any atom is -0.309 e. The molecule has 130 valence electrons. The molecule has 0 unspecified atom stereocenters. The predicted molar refractivity (Wildman–Crippen MR) is 101 cm³/mol. The van der Waals surface area contributed by atoms with Crippen LogP contribution in [-0.2, 0) is 19.6 Å².